The SMILES string of the molecule is Cc1ccc(/C=C2/C(=O)NC(=S)N(c3ccc(Br)cc3C)C2=O)o1. The number of furan rings is 1. The highest BCUT2D eigenvalue weighted by atomic mass is 79.9. The van der Waals surface area contributed by atoms with Gasteiger partial charge in [-0.1, -0.05) is 15.9 Å². The van der Waals surface area contributed by atoms with Crippen LogP contribution in [0.4, 0.5) is 5.69 Å². The summed E-state index contributed by atoms with van der Waals surface area (Å²) >= 11 is 8.58. The topological polar surface area (TPSA) is 62.6 Å². The molecule has 1 saturated heterocycles. The second-order valence-corrected chi connectivity index (χ2v) is 6.64. The lowest BCUT2D eigenvalue weighted by molar-refractivity contribution is -0.122. The predicted molar refractivity (Wildman–Crippen MR) is 98.5 cm³/mol. The zero-order chi connectivity index (χ0) is 17.4. The molecule has 0 aliphatic carbocycles. The Morgan fingerprint density at radius 3 is 2.58 bits per heavy atom. The Bertz CT molecular complexity index is 901. The van der Waals surface area contributed by atoms with Gasteiger partial charge in [-0.15, -0.1) is 0 Å². The Kier molecular flexibility index (Phi) is 4.38. The Balaban J connectivity index is 2.04. The molecule has 0 bridgehead atoms. The van der Waals surface area contributed by atoms with E-state index in [1.54, 1.807) is 25.1 Å². The Labute approximate surface area is 152 Å². The first-order valence-corrected chi connectivity index (χ1v) is 8.31. The van der Waals surface area contributed by atoms with E-state index < -0.39 is 11.8 Å². The van der Waals surface area contributed by atoms with Gasteiger partial charge in [-0.3, -0.25) is 19.8 Å². The monoisotopic (exact) mass is 404 g/mol. The lowest BCUT2D eigenvalue weighted by Gasteiger charge is -2.29. The van der Waals surface area contributed by atoms with Gasteiger partial charge in [0.15, 0.2) is 5.11 Å². The molecule has 5 nitrogen and oxygen atoms in total. The summed E-state index contributed by atoms with van der Waals surface area (Å²) in [5.74, 6) is 0.112. The average Bonchev–Trinajstić information content (AvgIpc) is 2.91. The van der Waals surface area contributed by atoms with Crippen LogP contribution in [-0.2, 0) is 9.59 Å². The van der Waals surface area contributed by atoms with Gasteiger partial charge in [-0.25, -0.2) is 0 Å². The van der Waals surface area contributed by atoms with Crippen molar-refractivity contribution in [2.45, 2.75) is 13.8 Å². The fourth-order valence-electron chi connectivity index (χ4n) is 2.42. The fourth-order valence-corrected chi connectivity index (χ4v) is 3.17. The van der Waals surface area contributed by atoms with E-state index in [0.717, 1.165) is 10.0 Å². The molecule has 1 aromatic carbocycles. The van der Waals surface area contributed by atoms with Gasteiger partial charge in [0, 0.05) is 4.47 Å². The highest BCUT2D eigenvalue weighted by Gasteiger charge is 2.35. The number of hydrogen-bond donors (Lipinski definition) is 1. The first-order valence-electron chi connectivity index (χ1n) is 7.11. The van der Waals surface area contributed by atoms with Crippen LogP contribution in [0.1, 0.15) is 17.1 Å². The van der Waals surface area contributed by atoms with Gasteiger partial charge in [0.1, 0.15) is 17.1 Å². The minimum absolute atomic E-state index is 0.0275. The molecule has 1 fully saturated rings. The van der Waals surface area contributed by atoms with Crippen molar-refractivity contribution < 1.29 is 14.0 Å². The number of rotatable bonds is 2. The molecular formula is C17H13BrN2O3S. The van der Waals surface area contributed by atoms with Crippen molar-refractivity contribution in [1.82, 2.24) is 5.32 Å². The molecular weight excluding hydrogens is 392 g/mol. The third-order valence-corrected chi connectivity index (χ3v) is 4.33. The minimum atomic E-state index is -0.537. The van der Waals surface area contributed by atoms with Crippen molar-refractivity contribution in [2.75, 3.05) is 4.90 Å². The van der Waals surface area contributed by atoms with Crippen LogP contribution >= 0.6 is 28.1 Å². The third-order valence-electron chi connectivity index (χ3n) is 3.55. The van der Waals surface area contributed by atoms with Gasteiger partial charge in [0.05, 0.1) is 5.69 Å². The van der Waals surface area contributed by atoms with E-state index in [-0.39, 0.29) is 10.7 Å². The first-order chi connectivity index (χ1) is 11.4. The molecule has 2 heterocycles. The van der Waals surface area contributed by atoms with Crippen molar-refractivity contribution in [1.29, 1.82) is 0 Å². The number of carbonyl (C=O) groups excluding carboxylic acids is 2. The second kappa shape index (κ2) is 6.33. The van der Waals surface area contributed by atoms with Crippen LogP contribution in [0.3, 0.4) is 0 Å². The second-order valence-electron chi connectivity index (χ2n) is 5.34. The van der Waals surface area contributed by atoms with Crippen molar-refractivity contribution in [3.8, 4) is 0 Å². The number of amides is 2. The summed E-state index contributed by atoms with van der Waals surface area (Å²) in [6.07, 6.45) is 1.42. The quantitative estimate of drug-likeness (QED) is 0.472. The highest BCUT2D eigenvalue weighted by Crippen LogP contribution is 2.27. The molecule has 1 aliphatic rings. The van der Waals surface area contributed by atoms with Crippen molar-refractivity contribution in [3.05, 3.63) is 57.5 Å². The molecule has 0 unspecified atom stereocenters. The zero-order valence-electron chi connectivity index (χ0n) is 12.9. The molecule has 1 aromatic heterocycles. The predicted octanol–water partition coefficient (Wildman–Crippen LogP) is 3.49. The van der Waals surface area contributed by atoms with Gasteiger partial charge in [0.25, 0.3) is 11.8 Å². The Morgan fingerprint density at radius 2 is 1.96 bits per heavy atom. The van der Waals surface area contributed by atoms with Crippen LogP contribution in [0.2, 0.25) is 0 Å². The van der Waals surface area contributed by atoms with Crippen molar-refractivity contribution >= 4 is 56.8 Å². The van der Waals surface area contributed by atoms with E-state index in [1.807, 2.05) is 19.1 Å². The number of nitrogens with zero attached hydrogens (tertiary/aromatic N) is 1. The number of carbonyl (C=O) groups is 2. The number of aryl methyl sites for hydroxylation is 2. The van der Waals surface area contributed by atoms with Crippen LogP contribution in [0.5, 0.6) is 0 Å². The molecule has 3 rings (SSSR count). The molecule has 7 heteroatoms. The van der Waals surface area contributed by atoms with Crippen LogP contribution in [0.25, 0.3) is 6.08 Å². The molecule has 1 aliphatic heterocycles. The largest absolute Gasteiger partial charge is 0.462 e. The van der Waals surface area contributed by atoms with E-state index in [0.29, 0.717) is 17.2 Å². The van der Waals surface area contributed by atoms with E-state index in [2.05, 4.69) is 21.2 Å². The van der Waals surface area contributed by atoms with Gasteiger partial charge in [-0.05, 0) is 68.0 Å². The van der Waals surface area contributed by atoms with Gasteiger partial charge in [0.2, 0.25) is 0 Å². The normalized spacial score (nSPS) is 16.7. The van der Waals surface area contributed by atoms with E-state index in [1.165, 1.54) is 11.0 Å². The summed E-state index contributed by atoms with van der Waals surface area (Å²) in [5.41, 5.74) is 1.44. The molecule has 122 valence electrons. The molecule has 0 saturated carbocycles. The number of hydrogen-bond acceptors (Lipinski definition) is 4. The summed E-state index contributed by atoms with van der Waals surface area (Å²) in [6.45, 7) is 3.66. The minimum Gasteiger partial charge on any atom is -0.462 e. The molecule has 2 aromatic rings. The molecule has 24 heavy (non-hydrogen) atoms. The summed E-state index contributed by atoms with van der Waals surface area (Å²) in [4.78, 5) is 26.3. The first kappa shape index (κ1) is 16.6. The lowest BCUT2D eigenvalue weighted by atomic mass is 10.1. The number of anilines is 1. The number of halogens is 1. The van der Waals surface area contributed by atoms with Crippen molar-refractivity contribution in [3.63, 3.8) is 0 Å². The van der Waals surface area contributed by atoms with Gasteiger partial charge >= 0.3 is 0 Å². The summed E-state index contributed by atoms with van der Waals surface area (Å²) < 4.78 is 6.32. The Morgan fingerprint density at radius 1 is 1.21 bits per heavy atom. The Hall–Kier alpha value is -2.25. The maximum Gasteiger partial charge on any atom is 0.270 e. The van der Waals surface area contributed by atoms with E-state index >= 15 is 0 Å². The number of nitrogens with one attached hydrogen (secondary N) is 1. The number of benzene rings is 1. The van der Waals surface area contributed by atoms with Crippen LogP contribution in [0.15, 0.2) is 44.8 Å². The molecule has 0 radical (unpaired) electrons. The summed E-state index contributed by atoms with van der Waals surface area (Å²) in [5, 5.41) is 2.61. The number of thiocarbonyl (C=S) groups is 1. The molecule has 0 spiro atoms. The maximum absolute atomic E-state index is 12.9. The lowest BCUT2D eigenvalue weighted by Crippen LogP contribution is -2.54. The van der Waals surface area contributed by atoms with Crippen molar-refractivity contribution in [2.24, 2.45) is 0 Å². The van der Waals surface area contributed by atoms with E-state index in [4.69, 9.17) is 16.6 Å². The molecule has 0 atom stereocenters. The summed E-state index contributed by atoms with van der Waals surface area (Å²) in [6, 6.07) is 8.93. The standard InChI is InChI=1S/C17H13BrN2O3S/c1-9-7-11(18)4-6-14(9)20-16(22)13(15(21)19-17(20)24)8-12-5-3-10(2)23-12/h3-8H,1-2H3,(H,19,21,24)/b13-8-. The maximum atomic E-state index is 12.9. The zero-order valence-corrected chi connectivity index (χ0v) is 15.3. The van der Waals surface area contributed by atoms with Gasteiger partial charge < -0.3 is 4.42 Å². The van der Waals surface area contributed by atoms with Gasteiger partial charge in [-0.2, -0.15) is 0 Å². The van der Waals surface area contributed by atoms with Crippen LogP contribution in [-0.4, -0.2) is 16.9 Å². The van der Waals surface area contributed by atoms with Crippen LogP contribution in [0, 0.1) is 13.8 Å². The molecule has 2 amide bonds. The fraction of sp³-hybridized carbons (Fsp3) is 0.118. The molecule has 1 N–H and O–H groups in total. The summed E-state index contributed by atoms with van der Waals surface area (Å²) in [7, 11) is 0. The van der Waals surface area contributed by atoms with E-state index in [9.17, 15) is 9.59 Å². The average molecular weight is 405 g/mol. The third kappa shape index (κ3) is 3.05. The highest BCUT2D eigenvalue weighted by molar-refractivity contribution is 9.10. The van der Waals surface area contributed by atoms with Crippen LogP contribution < -0.4 is 10.2 Å². The smallest absolute Gasteiger partial charge is 0.270 e.